The molecule has 1 fully saturated rings. The summed E-state index contributed by atoms with van der Waals surface area (Å²) in [6, 6.07) is 4.67. The first-order valence-electron chi connectivity index (χ1n) is 5.45. The minimum Gasteiger partial charge on any atom is -0.506 e. The minimum absolute atomic E-state index is 0.00163. The number of amides is 1. The zero-order valence-corrected chi connectivity index (χ0v) is 11.1. The Bertz CT molecular complexity index is 444. The molecule has 17 heavy (non-hydrogen) atoms. The zero-order valence-electron chi connectivity index (χ0n) is 9.50. The molecule has 1 atom stereocenters. The smallest absolute Gasteiger partial charge is 0.240 e. The first kappa shape index (κ1) is 12.6. The molecule has 0 saturated carbocycles. The Hall–Kier alpha value is -0.870. The van der Waals surface area contributed by atoms with E-state index in [0.717, 1.165) is 18.6 Å². The molecule has 1 aliphatic heterocycles. The molecule has 1 amide bonds. The summed E-state index contributed by atoms with van der Waals surface area (Å²) in [5, 5.41) is 12.4. The van der Waals surface area contributed by atoms with Gasteiger partial charge in [-0.15, -0.1) is 11.8 Å². The van der Waals surface area contributed by atoms with Crippen molar-refractivity contribution in [3.05, 3.63) is 23.2 Å². The van der Waals surface area contributed by atoms with E-state index in [1.54, 1.807) is 23.9 Å². The van der Waals surface area contributed by atoms with Gasteiger partial charge in [0.25, 0.3) is 0 Å². The predicted molar refractivity (Wildman–Crippen MR) is 71.8 cm³/mol. The van der Waals surface area contributed by atoms with Gasteiger partial charge in [-0.2, -0.15) is 0 Å². The molecule has 0 aromatic heterocycles. The lowest BCUT2D eigenvalue weighted by molar-refractivity contribution is -0.118. The second-order valence-corrected chi connectivity index (χ2v) is 6.31. The van der Waals surface area contributed by atoms with E-state index >= 15 is 0 Å². The Labute approximate surface area is 110 Å². The number of phenolic OH excluding ortho intramolecular Hbond substituents is 1. The number of anilines is 1. The predicted octanol–water partition coefficient (Wildman–Crippen LogP) is 3.27. The molecule has 0 radical (unpaired) electrons. The highest BCUT2D eigenvalue weighted by molar-refractivity contribution is 8.01. The van der Waals surface area contributed by atoms with Gasteiger partial charge in [0.05, 0.1) is 9.77 Å². The average molecular weight is 272 g/mol. The topological polar surface area (TPSA) is 49.3 Å². The SMILES string of the molecule is CC1(C(=O)Nc2ccc(O)c(Cl)c2)CCCS1. The number of rotatable bonds is 2. The number of aromatic hydroxyl groups is 1. The number of hydrogen-bond acceptors (Lipinski definition) is 3. The summed E-state index contributed by atoms with van der Waals surface area (Å²) in [5.41, 5.74) is 0.617. The van der Waals surface area contributed by atoms with Crippen molar-refractivity contribution in [3.8, 4) is 5.75 Å². The average Bonchev–Trinajstić information content (AvgIpc) is 2.72. The van der Waals surface area contributed by atoms with E-state index in [1.807, 2.05) is 6.92 Å². The molecule has 1 aromatic carbocycles. The molecule has 5 heteroatoms. The normalized spacial score (nSPS) is 23.6. The standard InChI is InChI=1S/C12H14ClNO2S/c1-12(5-2-6-17-12)11(16)14-8-3-4-10(15)9(13)7-8/h3-4,7,15H,2,5-6H2,1H3,(H,14,16). The second-order valence-electron chi connectivity index (χ2n) is 4.30. The lowest BCUT2D eigenvalue weighted by Crippen LogP contribution is -2.34. The fraction of sp³-hybridized carbons (Fsp3) is 0.417. The molecule has 2 N–H and O–H groups in total. The van der Waals surface area contributed by atoms with Crippen LogP contribution in [0.5, 0.6) is 5.75 Å². The van der Waals surface area contributed by atoms with Gasteiger partial charge >= 0.3 is 0 Å². The van der Waals surface area contributed by atoms with Crippen LogP contribution in [0.2, 0.25) is 5.02 Å². The Morgan fingerprint density at radius 2 is 2.35 bits per heavy atom. The van der Waals surface area contributed by atoms with Crippen LogP contribution < -0.4 is 5.32 Å². The first-order chi connectivity index (χ1) is 8.01. The summed E-state index contributed by atoms with van der Waals surface area (Å²) in [4.78, 5) is 12.1. The Kier molecular flexibility index (Phi) is 3.54. The third kappa shape index (κ3) is 2.69. The van der Waals surface area contributed by atoms with Crippen LogP contribution in [-0.2, 0) is 4.79 Å². The minimum atomic E-state index is -0.343. The van der Waals surface area contributed by atoms with Crippen LogP contribution in [0, 0.1) is 0 Å². The monoisotopic (exact) mass is 271 g/mol. The number of hydrogen-bond donors (Lipinski definition) is 2. The Morgan fingerprint density at radius 3 is 2.94 bits per heavy atom. The lowest BCUT2D eigenvalue weighted by atomic mass is 10.0. The van der Waals surface area contributed by atoms with Crippen LogP contribution in [0.4, 0.5) is 5.69 Å². The highest BCUT2D eigenvalue weighted by atomic mass is 35.5. The van der Waals surface area contributed by atoms with Crippen molar-refractivity contribution in [2.24, 2.45) is 0 Å². The van der Waals surface area contributed by atoms with Crippen LogP contribution in [0.15, 0.2) is 18.2 Å². The molecule has 2 rings (SSSR count). The molecule has 1 aromatic rings. The van der Waals surface area contributed by atoms with Gasteiger partial charge in [0.15, 0.2) is 0 Å². The fourth-order valence-electron chi connectivity index (χ4n) is 1.81. The highest BCUT2D eigenvalue weighted by Crippen LogP contribution is 2.38. The third-order valence-corrected chi connectivity index (χ3v) is 4.73. The molecule has 3 nitrogen and oxygen atoms in total. The molecule has 0 bridgehead atoms. The number of benzene rings is 1. The van der Waals surface area contributed by atoms with Gasteiger partial charge in [-0.1, -0.05) is 11.6 Å². The van der Waals surface area contributed by atoms with Gasteiger partial charge in [0.2, 0.25) is 5.91 Å². The van der Waals surface area contributed by atoms with Crippen LogP contribution >= 0.6 is 23.4 Å². The molecule has 1 saturated heterocycles. The molecule has 1 unspecified atom stereocenters. The molecule has 1 aliphatic rings. The summed E-state index contributed by atoms with van der Waals surface area (Å²) in [6.07, 6.45) is 1.97. The fourth-order valence-corrected chi connectivity index (χ4v) is 3.20. The quantitative estimate of drug-likeness (QED) is 0.812. The second kappa shape index (κ2) is 4.78. The number of phenols is 1. The maximum atomic E-state index is 12.1. The van der Waals surface area contributed by atoms with Crippen molar-refractivity contribution < 1.29 is 9.90 Å². The van der Waals surface area contributed by atoms with E-state index in [2.05, 4.69) is 5.32 Å². The number of thioether (sulfide) groups is 1. The van der Waals surface area contributed by atoms with E-state index in [-0.39, 0.29) is 21.4 Å². The highest BCUT2D eigenvalue weighted by Gasteiger charge is 2.37. The van der Waals surface area contributed by atoms with Crippen LogP contribution in [-0.4, -0.2) is 21.5 Å². The summed E-state index contributed by atoms with van der Waals surface area (Å²) in [7, 11) is 0. The van der Waals surface area contributed by atoms with Crippen molar-refractivity contribution >= 4 is 35.0 Å². The molecule has 0 aliphatic carbocycles. The number of nitrogens with one attached hydrogen (secondary N) is 1. The van der Waals surface area contributed by atoms with Crippen molar-refractivity contribution in [2.45, 2.75) is 24.5 Å². The number of halogens is 1. The van der Waals surface area contributed by atoms with Crippen molar-refractivity contribution in [1.82, 2.24) is 0 Å². The van der Waals surface area contributed by atoms with E-state index in [0.29, 0.717) is 5.69 Å². The van der Waals surface area contributed by atoms with Crippen molar-refractivity contribution in [1.29, 1.82) is 0 Å². The molecular weight excluding hydrogens is 258 g/mol. The molecule has 0 spiro atoms. The maximum absolute atomic E-state index is 12.1. The lowest BCUT2D eigenvalue weighted by Gasteiger charge is -2.21. The Morgan fingerprint density at radius 1 is 1.59 bits per heavy atom. The third-order valence-electron chi connectivity index (χ3n) is 2.90. The first-order valence-corrected chi connectivity index (χ1v) is 6.81. The van der Waals surface area contributed by atoms with Gasteiger partial charge < -0.3 is 10.4 Å². The van der Waals surface area contributed by atoms with Gasteiger partial charge in [-0.05, 0) is 43.7 Å². The molecular formula is C12H14ClNO2S. The summed E-state index contributed by atoms with van der Waals surface area (Å²) >= 11 is 7.47. The van der Waals surface area contributed by atoms with E-state index < -0.39 is 0 Å². The Balaban J connectivity index is 2.10. The van der Waals surface area contributed by atoms with Gasteiger partial charge in [0, 0.05) is 5.69 Å². The number of carbonyl (C=O) groups excluding carboxylic acids is 1. The van der Waals surface area contributed by atoms with Gasteiger partial charge in [0.1, 0.15) is 5.75 Å². The van der Waals surface area contributed by atoms with E-state index in [4.69, 9.17) is 11.6 Å². The van der Waals surface area contributed by atoms with Gasteiger partial charge in [-0.25, -0.2) is 0 Å². The molecule has 92 valence electrons. The summed E-state index contributed by atoms with van der Waals surface area (Å²) in [5.74, 6) is 1.05. The van der Waals surface area contributed by atoms with Crippen molar-refractivity contribution in [3.63, 3.8) is 0 Å². The molecule has 1 heterocycles. The van der Waals surface area contributed by atoms with Crippen molar-refractivity contribution in [2.75, 3.05) is 11.1 Å². The van der Waals surface area contributed by atoms with E-state index in [9.17, 15) is 9.90 Å². The van der Waals surface area contributed by atoms with Crippen LogP contribution in [0.1, 0.15) is 19.8 Å². The number of carbonyl (C=O) groups is 1. The maximum Gasteiger partial charge on any atom is 0.240 e. The zero-order chi connectivity index (χ0) is 12.5. The van der Waals surface area contributed by atoms with Crippen LogP contribution in [0.25, 0.3) is 0 Å². The van der Waals surface area contributed by atoms with E-state index in [1.165, 1.54) is 6.07 Å². The van der Waals surface area contributed by atoms with Crippen LogP contribution in [0.3, 0.4) is 0 Å². The van der Waals surface area contributed by atoms with Gasteiger partial charge in [-0.3, -0.25) is 4.79 Å². The summed E-state index contributed by atoms with van der Waals surface area (Å²) < 4.78 is -0.343. The largest absolute Gasteiger partial charge is 0.506 e. The summed E-state index contributed by atoms with van der Waals surface area (Å²) in [6.45, 7) is 1.96.